The van der Waals surface area contributed by atoms with Gasteiger partial charge in [0.2, 0.25) is 0 Å². The predicted octanol–water partition coefficient (Wildman–Crippen LogP) is 1.62. The highest BCUT2D eigenvalue weighted by molar-refractivity contribution is 5.26. The Morgan fingerprint density at radius 3 is 2.47 bits per heavy atom. The Morgan fingerprint density at radius 2 is 2.00 bits per heavy atom. The third-order valence-electron chi connectivity index (χ3n) is 3.63. The van der Waals surface area contributed by atoms with E-state index in [9.17, 15) is 5.11 Å². The van der Waals surface area contributed by atoms with Gasteiger partial charge >= 0.3 is 0 Å². The topological polar surface area (TPSA) is 35.5 Å². The van der Waals surface area contributed by atoms with Crippen LogP contribution in [-0.2, 0) is 6.42 Å². The maximum absolute atomic E-state index is 9.26. The van der Waals surface area contributed by atoms with Crippen LogP contribution in [0.25, 0.3) is 0 Å². The highest BCUT2D eigenvalue weighted by atomic mass is 16.3. The molecule has 0 bridgehead atoms. The first kappa shape index (κ1) is 12.4. The lowest BCUT2D eigenvalue weighted by atomic mass is 10.0. The molecule has 1 aliphatic rings. The molecule has 94 valence electrons. The summed E-state index contributed by atoms with van der Waals surface area (Å²) >= 11 is 0. The summed E-state index contributed by atoms with van der Waals surface area (Å²) in [5.74, 6) is 0.344. The summed E-state index contributed by atoms with van der Waals surface area (Å²) in [6.45, 7) is 7.85. The van der Waals surface area contributed by atoms with Gasteiger partial charge in [-0.15, -0.1) is 0 Å². The number of benzene rings is 1. The molecule has 1 saturated heterocycles. The summed E-state index contributed by atoms with van der Waals surface area (Å²) in [6.07, 6.45) is 1.05. The molecule has 3 heteroatoms. The van der Waals surface area contributed by atoms with Gasteiger partial charge < -0.3 is 10.4 Å². The highest BCUT2D eigenvalue weighted by Gasteiger charge is 2.26. The number of hydrogen-bond donors (Lipinski definition) is 2. The predicted molar refractivity (Wildman–Crippen MR) is 70.3 cm³/mol. The first-order chi connectivity index (χ1) is 8.20. The zero-order valence-corrected chi connectivity index (χ0v) is 10.7. The molecule has 1 aliphatic heterocycles. The standard InChI is InChI=1S/C14H22N2O/c1-3-16(13-9-15-10-13)11(2)8-12-4-6-14(17)7-5-12/h4-7,11,13,15,17H,3,8-10H2,1-2H3. The molecule has 3 nitrogen and oxygen atoms in total. The number of aromatic hydroxyl groups is 1. The molecule has 0 saturated carbocycles. The van der Waals surface area contributed by atoms with Crippen LogP contribution < -0.4 is 5.32 Å². The largest absolute Gasteiger partial charge is 0.508 e. The first-order valence-electron chi connectivity index (χ1n) is 6.45. The average molecular weight is 234 g/mol. The van der Waals surface area contributed by atoms with E-state index in [4.69, 9.17) is 0 Å². The Labute approximate surface area is 103 Å². The summed E-state index contributed by atoms with van der Waals surface area (Å²) < 4.78 is 0. The van der Waals surface area contributed by atoms with E-state index in [0.717, 1.165) is 26.1 Å². The van der Waals surface area contributed by atoms with Gasteiger partial charge in [-0.25, -0.2) is 0 Å². The summed E-state index contributed by atoms with van der Waals surface area (Å²) in [6, 6.07) is 8.81. The summed E-state index contributed by atoms with van der Waals surface area (Å²) in [7, 11) is 0. The zero-order chi connectivity index (χ0) is 12.3. The number of nitrogens with one attached hydrogen (secondary N) is 1. The van der Waals surface area contributed by atoms with Crippen molar-refractivity contribution in [3.05, 3.63) is 29.8 Å². The molecule has 0 aromatic heterocycles. The van der Waals surface area contributed by atoms with Crippen LogP contribution in [0.4, 0.5) is 0 Å². The second kappa shape index (κ2) is 5.52. The van der Waals surface area contributed by atoms with Gasteiger partial charge in [-0.05, 0) is 37.6 Å². The fourth-order valence-electron chi connectivity index (χ4n) is 2.53. The lowest BCUT2D eigenvalue weighted by Gasteiger charge is -2.41. The molecule has 2 rings (SSSR count). The third kappa shape index (κ3) is 2.99. The van der Waals surface area contributed by atoms with E-state index in [0.29, 0.717) is 17.8 Å². The van der Waals surface area contributed by atoms with Crippen molar-refractivity contribution in [1.29, 1.82) is 0 Å². The van der Waals surface area contributed by atoms with Crippen molar-refractivity contribution in [2.45, 2.75) is 32.4 Å². The molecule has 1 heterocycles. The van der Waals surface area contributed by atoms with E-state index >= 15 is 0 Å². The van der Waals surface area contributed by atoms with Gasteiger partial charge in [0.05, 0.1) is 0 Å². The van der Waals surface area contributed by atoms with Gasteiger partial charge in [0.25, 0.3) is 0 Å². The fourth-order valence-corrected chi connectivity index (χ4v) is 2.53. The normalized spacial score (nSPS) is 18.1. The van der Waals surface area contributed by atoms with Crippen molar-refractivity contribution < 1.29 is 5.11 Å². The summed E-state index contributed by atoms with van der Waals surface area (Å²) in [5, 5.41) is 12.6. The Morgan fingerprint density at radius 1 is 1.35 bits per heavy atom. The molecule has 0 spiro atoms. The Kier molecular flexibility index (Phi) is 4.02. The summed E-state index contributed by atoms with van der Waals surface area (Å²) in [4.78, 5) is 2.56. The second-order valence-electron chi connectivity index (χ2n) is 4.86. The molecule has 1 unspecified atom stereocenters. The van der Waals surface area contributed by atoms with Crippen LogP contribution in [0.5, 0.6) is 5.75 Å². The Hall–Kier alpha value is -1.06. The van der Waals surface area contributed by atoms with Crippen LogP contribution >= 0.6 is 0 Å². The number of likely N-dealkylation sites (N-methyl/N-ethyl adjacent to an activating group) is 1. The molecule has 1 atom stereocenters. The number of hydrogen-bond acceptors (Lipinski definition) is 3. The van der Waals surface area contributed by atoms with Crippen LogP contribution in [0.3, 0.4) is 0 Å². The van der Waals surface area contributed by atoms with Gasteiger partial charge in [0, 0.05) is 25.2 Å². The van der Waals surface area contributed by atoms with Crippen molar-refractivity contribution in [2.24, 2.45) is 0 Å². The van der Waals surface area contributed by atoms with Gasteiger partial charge in [0.1, 0.15) is 5.75 Å². The lowest BCUT2D eigenvalue weighted by Crippen LogP contribution is -2.59. The highest BCUT2D eigenvalue weighted by Crippen LogP contribution is 2.16. The van der Waals surface area contributed by atoms with E-state index < -0.39 is 0 Å². The molecule has 17 heavy (non-hydrogen) atoms. The third-order valence-corrected chi connectivity index (χ3v) is 3.63. The molecular weight excluding hydrogens is 212 g/mol. The van der Waals surface area contributed by atoms with Gasteiger partial charge in [0.15, 0.2) is 0 Å². The average Bonchev–Trinajstić information content (AvgIpc) is 2.26. The van der Waals surface area contributed by atoms with Crippen molar-refractivity contribution >= 4 is 0 Å². The van der Waals surface area contributed by atoms with Crippen molar-refractivity contribution in [3.8, 4) is 5.75 Å². The quantitative estimate of drug-likeness (QED) is 0.812. The molecule has 0 aliphatic carbocycles. The van der Waals surface area contributed by atoms with Crippen molar-refractivity contribution in [1.82, 2.24) is 10.2 Å². The summed E-state index contributed by atoms with van der Waals surface area (Å²) in [5.41, 5.74) is 1.29. The number of rotatable bonds is 5. The van der Waals surface area contributed by atoms with Crippen LogP contribution in [0.2, 0.25) is 0 Å². The molecule has 1 aromatic rings. The smallest absolute Gasteiger partial charge is 0.115 e. The molecule has 1 fully saturated rings. The first-order valence-corrected chi connectivity index (χ1v) is 6.45. The van der Waals surface area contributed by atoms with E-state index in [-0.39, 0.29) is 0 Å². The maximum Gasteiger partial charge on any atom is 0.115 e. The van der Waals surface area contributed by atoms with Gasteiger partial charge in [-0.1, -0.05) is 19.1 Å². The second-order valence-corrected chi connectivity index (χ2v) is 4.86. The molecule has 0 amide bonds. The minimum Gasteiger partial charge on any atom is -0.508 e. The minimum atomic E-state index is 0.344. The fraction of sp³-hybridized carbons (Fsp3) is 0.571. The number of nitrogens with zero attached hydrogens (tertiary/aromatic N) is 1. The monoisotopic (exact) mass is 234 g/mol. The van der Waals surface area contributed by atoms with E-state index in [1.165, 1.54) is 5.56 Å². The number of phenols is 1. The molecule has 2 N–H and O–H groups in total. The maximum atomic E-state index is 9.26. The molecule has 0 radical (unpaired) electrons. The van der Waals surface area contributed by atoms with Gasteiger partial charge in [-0.2, -0.15) is 0 Å². The van der Waals surface area contributed by atoms with Crippen LogP contribution in [0.1, 0.15) is 19.4 Å². The van der Waals surface area contributed by atoms with Crippen LogP contribution in [0, 0.1) is 0 Å². The van der Waals surface area contributed by atoms with Crippen LogP contribution in [-0.4, -0.2) is 41.7 Å². The molecular formula is C14H22N2O. The Bertz CT molecular complexity index is 346. The van der Waals surface area contributed by atoms with Crippen molar-refractivity contribution in [3.63, 3.8) is 0 Å². The van der Waals surface area contributed by atoms with E-state index in [2.05, 4.69) is 24.1 Å². The van der Waals surface area contributed by atoms with E-state index in [1.54, 1.807) is 12.1 Å². The Balaban J connectivity index is 1.94. The van der Waals surface area contributed by atoms with Gasteiger partial charge in [-0.3, -0.25) is 4.90 Å². The number of phenolic OH excluding ortho intramolecular Hbond substituents is 1. The van der Waals surface area contributed by atoms with E-state index in [1.807, 2.05) is 12.1 Å². The zero-order valence-electron chi connectivity index (χ0n) is 10.7. The van der Waals surface area contributed by atoms with Crippen molar-refractivity contribution in [2.75, 3.05) is 19.6 Å². The van der Waals surface area contributed by atoms with Crippen LogP contribution in [0.15, 0.2) is 24.3 Å². The SMILES string of the molecule is CCN(C(C)Cc1ccc(O)cc1)C1CNC1. The molecule has 1 aromatic carbocycles. The lowest BCUT2D eigenvalue weighted by molar-refractivity contribution is 0.109. The minimum absolute atomic E-state index is 0.344.